The number of carboxylic acid groups (broad SMARTS) is 1. The van der Waals surface area contributed by atoms with E-state index >= 15 is 0 Å². The molecule has 0 aromatic heterocycles. The van der Waals surface area contributed by atoms with Gasteiger partial charge in [0.1, 0.15) is 5.60 Å². The zero-order chi connectivity index (χ0) is 20.0. The molecule has 146 valence electrons. The van der Waals surface area contributed by atoms with Gasteiger partial charge >= 0.3 is 12.1 Å². The van der Waals surface area contributed by atoms with Gasteiger partial charge in [0.15, 0.2) is 0 Å². The molecule has 0 bridgehead atoms. The van der Waals surface area contributed by atoms with Crippen molar-refractivity contribution in [1.29, 1.82) is 5.26 Å². The zero-order valence-corrected chi connectivity index (χ0v) is 16.1. The van der Waals surface area contributed by atoms with Gasteiger partial charge in [0, 0.05) is 19.1 Å². The Labute approximate surface area is 159 Å². The van der Waals surface area contributed by atoms with E-state index in [1.165, 1.54) is 5.56 Å². The third kappa shape index (κ3) is 6.26. The van der Waals surface area contributed by atoms with E-state index in [1.807, 2.05) is 39.0 Å². The lowest BCUT2D eigenvalue weighted by Crippen LogP contribution is -2.48. The number of hydrogen-bond donors (Lipinski definition) is 2. The number of fused-ring (bicyclic) bond motifs is 1. The largest absolute Gasteiger partial charge is 0.480 e. The van der Waals surface area contributed by atoms with Gasteiger partial charge in [0.2, 0.25) is 0 Å². The molecule has 1 amide bonds. The third-order valence-corrected chi connectivity index (χ3v) is 4.41. The van der Waals surface area contributed by atoms with Crippen molar-refractivity contribution in [3.63, 3.8) is 0 Å². The number of nitriles is 1. The number of carbonyl (C=O) groups excluding carboxylic acids is 1. The molecule has 27 heavy (non-hydrogen) atoms. The Morgan fingerprint density at radius 3 is 2.74 bits per heavy atom. The van der Waals surface area contributed by atoms with Crippen molar-refractivity contribution in [2.45, 2.75) is 51.7 Å². The van der Waals surface area contributed by atoms with Crippen LogP contribution in [0, 0.1) is 11.3 Å². The summed E-state index contributed by atoms with van der Waals surface area (Å²) in [6, 6.07) is 7.80. The number of nitrogens with one attached hydrogen (secondary N) is 1. The quantitative estimate of drug-likeness (QED) is 0.742. The number of carboxylic acids is 1. The van der Waals surface area contributed by atoms with Gasteiger partial charge in [-0.05, 0) is 63.3 Å². The van der Waals surface area contributed by atoms with E-state index in [0.29, 0.717) is 25.1 Å². The molecule has 0 radical (unpaired) electrons. The van der Waals surface area contributed by atoms with Crippen LogP contribution >= 0.6 is 0 Å². The van der Waals surface area contributed by atoms with Crippen LogP contribution in [0.5, 0.6) is 0 Å². The lowest BCUT2D eigenvalue weighted by atomic mass is 9.86. The molecule has 7 heteroatoms. The van der Waals surface area contributed by atoms with Gasteiger partial charge in [0.05, 0.1) is 18.2 Å². The van der Waals surface area contributed by atoms with Crippen LogP contribution in [-0.4, -0.2) is 53.3 Å². The monoisotopic (exact) mass is 373 g/mol. The molecule has 0 aliphatic heterocycles. The summed E-state index contributed by atoms with van der Waals surface area (Å²) in [6.45, 7) is 6.04. The zero-order valence-electron chi connectivity index (χ0n) is 16.1. The molecular formula is C20H27N3O4. The molecule has 0 fully saturated rings. The SMILES string of the molecule is CC(C)(C)OC(=O)N(CCNCC(=O)O)C1CCc2ccc(C#N)cc2C1. The highest BCUT2D eigenvalue weighted by Crippen LogP contribution is 2.26. The number of hydrogen-bond acceptors (Lipinski definition) is 5. The van der Waals surface area contributed by atoms with Crippen LogP contribution in [0.1, 0.15) is 43.9 Å². The average Bonchev–Trinajstić information content (AvgIpc) is 2.58. The maximum Gasteiger partial charge on any atom is 0.410 e. The molecule has 1 aromatic carbocycles. The number of benzene rings is 1. The van der Waals surface area contributed by atoms with Crippen LogP contribution in [0.3, 0.4) is 0 Å². The van der Waals surface area contributed by atoms with Crippen LogP contribution in [-0.2, 0) is 22.4 Å². The van der Waals surface area contributed by atoms with Crippen LogP contribution in [0.15, 0.2) is 18.2 Å². The number of ether oxygens (including phenoxy) is 1. The highest BCUT2D eigenvalue weighted by atomic mass is 16.6. The van der Waals surface area contributed by atoms with Gasteiger partial charge in [-0.1, -0.05) is 6.07 Å². The minimum atomic E-state index is -0.936. The number of aryl methyl sites for hydroxylation is 1. The van der Waals surface area contributed by atoms with Crippen molar-refractivity contribution < 1.29 is 19.4 Å². The van der Waals surface area contributed by atoms with Crippen molar-refractivity contribution in [3.05, 3.63) is 34.9 Å². The van der Waals surface area contributed by atoms with E-state index in [4.69, 9.17) is 15.1 Å². The van der Waals surface area contributed by atoms with Crippen molar-refractivity contribution >= 4 is 12.1 Å². The van der Waals surface area contributed by atoms with E-state index in [1.54, 1.807) is 4.90 Å². The minimum absolute atomic E-state index is 0.0482. The molecule has 1 aromatic rings. The third-order valence-electron chi connectivity index (χ3n) is 4.41. The first kappa shape index (κ1) is 20.7. The minimum Gasteiger partial charge on any atom is -0.480 e. The summed E-state index contributed by atoms with van der Waals surface area (Å²) < 4.78 is 5.55. The first-order valence-corrected chi connectivity index (χ1v) is 9.13. The summed E-state index contributed by atoms with van der Waals surface area (Å²) in [5.41, 5.74) is 2.29. The van der Waals surface area contributed by atoms with Gasteiger partial charge in [-0.15, -0.1) is 0 Å². The number of aliphatic carboxylic acids is 1. The summed E-state index contributed by atoms with van der Waals surface area (Å²) in [4.78, 5) is 25.1. The second-order valence-corrected chi connectivity index (χ2v) is 7.74. The van der Waals surface area contributed by atoms with Gasteiger partial charge in [-0.25, -0.2) is 4.79 Å². The summed E-state index contributed by atoms with van der Waals surface area (Å²) in [5, 5.41) is 20.7. The summed E-state index contributed by atoms with van der Waals surface area (Å²) in [7, 11) is 0. The van der Waals surface area contributed by atoms with Crippen LogP contribution in [0.25, 0.3) is 0 Å². The van der Waals surface area contributed by atoms with Crippen LogP contribution in [0.2, 0.25) is 0 Å². The summed E-state index contributed by atoms with van der Waals surface area (Å²) in [6.07, 6.45) is 1.89. The second-order valence-electron chi connectivity index (χ2n) is 7.74. The fourth-order valence-electron chi connectivity index (χ4n) is 3.21. The van der Waals surface area contributed by atoms with Crippen molar-refractivity contribution in [3.8, 4) is 6.07 Å². The van der Waals surface area contributed by atoms with Gasteiger partial charge in [0.25, 0.3) is 0 Å². The van der Waals surface area contributed by atoms with Crippen molar-refractivity contribution in [1.82, 2.24) is 10.2 Å². The number of carbonyl (C=O) groups is 2. The normalized spacial score (nSPS) is 16.1. The predicted octanol–water partition coefficient (Wildman–Crippen LogP) is 2.33. The lowest BCUT2D eigenvalue weighted by molar-refractivity contribution is -0.135. The highest BCUT2D eigenvalue weighted by molar-refractivity contribution is 5.69. The second kappa shape index (κ2) is 8.87. The molecule has 0 saturated heterocycles. The predicted molar refractivity (Wildman–Crippen MR) is 100 cm³/mol. The lowest BCUT2D eigenvalue weighted by Gasteiger charge is -2.36. The first-order valence-electron chi connectivity index (χ1n) is 9.13. The van der Waals surface area contributed by atoms with Crippen molar-refractivity contribution in [2.24, 2.45) is 0 Å². The van der Waals surface area contributed by atoms with E-state index in [2.05, 4.69) is 11.4 Å². The van der Waals surface area contributed by atoms with E-state index < -0.39 is 17.7 Å². The number of rotatable bonds is 6. The Morgan fingerprint density at radius 1 is 1.37 bits per heavy atom. The molecule has 1 aliphatic carbocycles. The van der Waals surface area contributed by atoms with Crippen LogP contribution in [0.4, 0.5) is 4.79 Å². The molecule has 0 spiro atoms. The molecule has 7 nitrogen and oxygen atoms in total. The molecule has 2 rings (SSSR count). The summed E-state index contributed by atoms with van der Waals surface area (Å²) >= 11 is 0. The molecule has 1 unspecified atom stereocenters. The van der Waals surface area contributed by atoms with E-state index in [0.717, 1.165) is 18.4 Å². The van der Waals surface area contributed by atoms with Gasteiger partial charge in [-0.3, -0.25) is 4.79 Å². The number of nitrogens with zero attached hydrogens (tertiary/aromatic N) is 2. The van der Waals surface area contributed by atoms with Crippen LogP contribution < -0.4 is 5.32 Å². The maximum absolute atomic E-state index is 12.7. The Hall–Kier alpha value is -2.59. The fraction of sp³-hybridized carbons (Fsp3) is 0.550. The van der Waals surface area contributed by atoms with E-state index in [-0.39, 0.29) is 12.6 Å². The summed E-state index contributed by atoms with van der Waals surface area (Å²) in [5.74, 6) is -0.936. The Kier molecular flexibility index (Phi) is 6.81. The maximum atomic E-state index is 12.7. The first-order chi connectivity index (χ1) is 12.7. The smallest absolute Gasteiger partial charge is 0.410 e. The Bertz CT molecular complexity index is 734. The van der Waals surface area contributed by atoms with Gasteiger partial charge in [-0.2, -0.15) is 5.26 Å². The Morgan fingerprint density at radius 2 is 2.11 bits per heavy atom. The Balaban J connectivity index is 2.12. The number of amides is 1. The average molecular weight is 373 g/mol. The standard InChI is InChI=1S/C20H27N3O4/c1-20(2,3)27-19(26)23(9-8-22-13-18(24)25)17-7-6-15-5-4-14(12-21)10-16(15)11-17/h4-5,10,17,22H,6-9,11,13H2,1-3H3,(H,24,25). The molecule has 0 heterocycles. The van der Waals surface area contributed by atoms with Crippen molar-refractivity contribution in [2.75, 3.05) is 19.6 Å². The molecule has 1 aliphatic rings. The molecule has 1 atom stereocenters. The fourth-order valence-corrected chi connectivity index (χ4v) is 3.21. The molecular weight excluding hydrogens is 346 g/mol. The van der Waals surface area contributed by atoms with Gasteiger partial charge < -0.3 is 20.1 Å². The molecule has 0 saturated carbocycles. The molecule has 2 N–H and O–H groups in total. The topological polar surface area (TPSA) is 103 Å². The highest BCUT2D eigenvalue weighted by Gasteiger charge is 2.30. The van der Waals surface area contributed by atoms with E-state index in [9.17, 15) is 9.59 Å².